The van der Waals surface area contributed by atoms with Crippen LogP contribution in [0.25, 0.3) is 5.69 Å². The molecule has 0 saturated carbocycles. The van der Waals surface area contributed by atoms with Crippen LogP contribution in [-0.2, 0) is 0 Å². The van der Waals surface area contributed by atoms with E-state index >= 15 is 0 Å². The van der Waals surface area contributed by atoms with Crippen LogP contribution in [0.5, 0.6) is 0 Å². The molecule has 0 aliphatic rings. The topological polar surface area (TPSA) is 43.1 Å². The van der Waals surface area contributed by atoms with Crippen LogP contribution in [0.15, 0.2) is 90.1 Å². The number of aromatic nitrogens is 3. The normalized spacial score (nSPS) is 10.6. The Morgan fingerprint density at radius 1 is 0.889 bits per heavy atom. The van der Waals surface area contributed by atoms with Crippen molar-refractivity contribution in [1.82, 2.24) is 15.0 Å². The van der Waals surface area contributed by atoms with Gasteiger partial charge in [0.1, 0.15) is 11.9 Å². The van der Waals surface area contributed by atoms with Gasteiger partial charge in [0.05, 0.1) is 16.4 Å². The molecule has 1 heterocycles. The largest absolute Gasteiger partial charge is 0.253 e. The molecular weight excluding hydrogens is 363 g/mol. The Bertz CT molecular complexity index is 1050. The predicted molar refractivity (Wildman–Crippen MR) is 105 cm³/mol. The van der Waals surface area contributed by atoms with Crippen molar-refractivity contribution in [2.24, 2.45) is 4.99 Å². The Hall–Kier alpha value is -3.31. The molecule has 0 atom stereocenters. The fraction of sp³-hybridized carbons (Fsp3) is 0. The number of halogens is 2. The highest BCUT2D eigenvalue weighted by Gasteiger charge is 2.10. The highest BCUT2D eigenvalue weighted by molar-refractivity contribution is 6.32. The number of hydrogen-bond acceptors (Lipinski definition) is 3. The highest BCUT2D eigenvalue weighted by atomic mass is 35.5. The molecule has 0 N–H and O–H groups in total. The van der Waals surface area contributed by atoms with Crippen LogP contribution >= 0.6 is 11.6 Å². The van der Waals surface area contributed by atoms with E-state index in [1.54, 1.807) is 18.2 Å². The van der Waals surface area contributed by atoms with Crippen molar-refractivity contribution in [2.45, 2.75) is 0 Å². The van der Waals surface area contributed by atoms with Gasteiger partial charge >= 0.3 is 0 Å². The number of benzene rings is 3. The van der Waals surface area contributed by atoms with Gasteiger partial charge in [0.2, 0.25) is 0 Å². The first-order valence-corrected chi connectivity index (χ1v) is 8.66. The standard InChI is InChI=1S/C21H14ClFN4/c22-18-12-11-17(13-19(18)27-24-14-20(23)26-27)25-21(15-7-3-1-4-8-15)16-9-5-2-6-10-16/h1-14H. The lowest BCUT2D eigenvalue weighted by Gasteiger charge is -2.09. The second-order valence-electron chi connectivity index (χ2n) is 5.78. The second kappa shape index (κ2) is 7.51. The fourth-order valence-corrected chi connectivity index (χ4v) is 2.89. The molecule has 1 aromatic heterocycles. The molecule has 0 bridgehead atoms. The molecule has 0 aliphatic carbocycles. The van der Waals surface area contributed by atoms with Crippen molar-refractivity contribution in [3.63, 3.8) is 0 Å². The summed E-state index contributed by atoms with van der Waals surface area (Å²) in [6, 6.07) is 25.1. The van der Waals surface area contributed by atoms with E-state index in [9.17, 15) is 4.39 Å². The zero-order valence-electron chi connectivity index (χ0n) is 14.1. The summed E-state index contributed by atoms with van der Waals surface area (Å²) in [5, 5.41) is 7.97. The predicted octanol–water partition coefficient (Wildman–Crippen LogP) is 5.23. The van der Waals surface area contributed by atoms with Gasteiger partial charge in [0.15, 0.2) is 0 Å². The first-order chi connectivity index (χ1) is 13.2. The molecule has 0 fully saturated rings. The summed E-state index contributed by atoms with van der Waals surface area (Å²) >= 11 is 6.24. The van der Waals surface area contributed by atoms with Crippen LogP contribution in [0.4, 0.5) is 10.1 Å². The molecule has 4 nitrogen and oxygen atoms in total. The van der Waals surface area contributed by atoms with Crippen LogP contribution in [0.2, 0.25) is 5.02 Å². The monoisotopic (exact) mass is 376 g/mol. The number of hydrogen-bond donors (Lipinski definition) is 0. The number of aliphatic imine (C=N–C) groups is 1. The smallest absolute Gasteiger partial charge is 0.248 e. The maximum atomic E-state index is 13.2. The van der Waals surface area contributed by atoms with Crippen LogP contribution in [0.1, 0.15) is 11.1 Å². The van der Waals surface area contributed by atoms with Gasteiger partial charge in [-0.2, -0.15) is 9.49 Å². The van der Waals surface area contributed by atoms with Gasteiger partial charge < -0.3 is 0 Å². The third-order valence-electron chi connectivity index (χ3n) is 3.94. The summed E-state index contributed by atoms with van der Waals surface area (Å²) in [7, 11) is 0. The summed E-state index contributed by atoms with van der Waals surface area (Å²) in [5.74, 6) is -0.672. The van der Waals surface area contributed by atoms with Crippen molar-refractivity contribution in [1.29, 1.82) is 0 Å². The summed E-state index contributed by atoms with van der Waals surface area (Å²) < 4.78 is 13.2. The van der Waals surface area contributed by atoms with Crippen LogP contribution in [0, 0.1) is 5.95 Å². The molecule has 0 radical (unpaired) electrons. The van der Waals surface area contributed by atoms with Crippen molar-refractivity contribution in [3.8, 4) is 5.69 Å². The lowest BCUT2D eigenvalue weighted by Crippen LogP contribution is -2.03. The SMILES string of the molecule is Fc1cnn(-c2cc(N=C(c3ccccc3)c3ccccc3)ccc2Cl)n1. The summed E-state index contributed by atoms with van der Waals surface area (Å²) in [5.41, 5.74) is 3.92. The van der Waals surface area contributed by atoms with Crippen molar-refractivity contribution >= 4 is 23.0 Å². The zero-order chi connectivity index (χ0) is 18.6. The average Bonchev–Trinajstić information content (AvgIpc) is 3.15. The van der Waals surface area contributed by atoms with E-state index in [0.717, 1.165) is 27.8 Å². The van der Waals surface area contributed by atoms with E-state index in [4.69, 9.17) is 16.6 Å². The Kier molecular flexibility index (Phi) is 4.77. The molecule has 4 aromatic rings. The van der Waals surface area contributed by atoms with Crippen molar-refractivity contribution in [2.75, 3.05) is 0 Å². The van der Waals surface area contributed by atoms with Gasteiger partial charge in [-0.05, 0) is 18.2 Å². The van der Waals surface area contributed by atoms with Gasteiger partial charge in [-0.3, -0.25) is 0 Å². The van der Waals surface area contributed by atoms with Crippen molar-refractivity contribution in [3.05, 3.63) is 107 Å². The molecule has 0 spiro atoms. The molecule has 6 heteroatoms. The van der Waals surface area contributed by atoms with E-state index < -0.39 is 5.95 Å². The quantitative estimate of drug-likeness (QED) is 0.458. The lowest BCUT2D eigenvalue weighted by atomic mass is 10.0. The minimum atomic E-state index is -0.672. The Balaban J connectivity index is 1.84. The molecule has 0 unspecified atom stereocenters. The van der Waals surface area contributed by atoms with E-state index in [-0.39, 0.29) is 0 Å². The Morgan fingerprint density at radius 3 is 2.07 bits per heavy atom. The van der Waals surface area contributed by atoms with E-state index in [0.29, 0.717) is 16.4 Å². The zero-order valence-corrected chi connectivity index (χ0v) is 14.9. The minimum absolute atomic E-state index is 0.408. The summed E-state index contributed by atoms with van der Waals surface area (Å²) in [4.78, 5) is 5.98. The maximum absolute atomic E-state index is 13.2. The molecule has 27 heavy (non-hydrogen) atoms. The molecule has 0 amide bonds. The fourth-order valence-electron chi connectivity index (χ4n) is 2.70. The molecule has 3 aromatic carbocycles. The summed E-state index contributed by atoms with van der Waals surface area (Å²) in [6.07, 6.45) is 1.03. The van der Waals surface area contributed by atoms with Gasteiger partial charge in [-0.15, -0.1) is 9.90 Å². The first-order valence-electron chi connectivity index (χ1n) is 8.28. The van der Waals surface area contributed by atoms with Crippen LogP contribution < -0.4 is 0 Å². The molecule has 4 rings (SSSR count). The van der Waals surface area contributed by atoms with Gasteiger partial charge in [0, 0.05) is 11.1 Å². The second-order valence-corrected chi connectivity index (χ2v) is 6.19. The Labute approximate surface area is 160 Å². The number of nitrogens with zero attached hydrogens (tertiary/aromatic N) is 4. The third-order valence-corrected chi connectivity index (χ3v) is 4.26. The van der Waals surface area contributed by atoms with Gasteiger partial charge in [-0.25, -0.2) is 4.99 Å². The third kappa shape index (κ3) is 3.78. The highest BCUT2D eigenvalue weighted by Crippen LogP contribution is 2.26. The maximum Gasteiger partial charge on any atom is 0.253 e. The van der Waals surface area contributed by atoms with E-state index in [1.807, 2.05) is 60.7 Å². The van der Waals surface area contributed by atoms with Crippen LogP contribution in [0.3, 0.4) is 0 Å². The van der Waals surface area contributed by atoms with Crippen molar-refractivity contribution < 1.29 is 4.39 Å². The van der Waals surface area contributed by atoms with Gasteiger partial charge in [0.25, 0.3) is 5.95 Å². The van der Waals surface area contributed by atoms with E-state index in [1.165, 1.54) is 0 Å². The molecular formula is C21H14ClFN4. The molecule has 132 valence electrons. The molecule has 0 aliphatic heterocycles. The molecule has 0 saturated heterocycles. The minimum Gasteiger partial charge on any atom is -0.248 e. The Morgan fingerprint density at radius 2 is 1.52 bits per heavy atom. The number of rotatable bonds is 4. The van der Waals surface area contributed by atoms with Gasteiger partial charge in [-0.1, -0.05) is 72.3 Å². The van der Waals surface area contributed by atoms with E-state index in [2.05, 4.69) is 10.2 Å². The lowest BCUT2D eigenvalue weighted by molar-refractivity contribution is 0.563. The summed E-state index contributed by atoms with van der Waals surface area (Å²) in [6.45, 7) is 0. The first kappa shape index (κ1) is 17.1. The average molecular weight is 377 g/mol. The van der Waals surface area contributed by atoms with Crippen LogP contribution in [-0.4, -0.2) is 20.7 Å².